The topological polar surface area (TPSA) is 60.9 Å². The molecular formula is C11H10ClN3O. The molecule has 0 saturated carbocycles. The van der Waals surface area contributed by atoms with Gasteiger partial charge in [-0.1, -0.05) is 29.8 Å². The highest BCUT2D eigenvalue weighted by molar-refractivity contribution is 6.31. The maximum Gasteiger partial charge on any atom is 0.251 e. The van der Waals surface area contributed by atoms with E-state index in [4.69, 9.17) is 17.3 Å². The number of amides is 1. The molecular weight excluding hydrogens is 226 g/mol. The van der Waals surface area contributed by atoms with Crippen LogP contribution in [0.1, 0.15) is 15.9 Å². The van der Waals surface area contributed by atoms with E-state index in [1.165, 1.54) is 6.20 Å². The molecule has 0 radical (unpaired) electrons. The van der Waals surface area contributed by atoms with Gasteiger partial charge >= 0.3 is 0 Å². The number of carbonyl (C=O) groups excluding carboxylic acids is 1. The molecule has 0 aliphatic heterocycles. The molecule has 1 heterocycles. The van der Waals surface area contributed by atoms with Crippen LogP contribution in [0.5, 0.6) is 0 Å². The lowest BCUT2D eigenvalue weighted by Crippen LogP contribution is -2.09. The molecule has 82 valence electrons. The van der Waals surface area contributed by atoms with Crippen LogP contribution < -0.4 is 5.73 Å². The molecule has 1 aromatic heterocycles. The van der Waals surface area contributed by atoms with E-state index in [9.17, 15) is 4.79 Å². The summed E-state index contributed by atoms with van der Waals surface area (Å²) in [5.74, 6) is -0.481. The smallest absolute Gasteiger partial charge is 0.251 e. The lowest BCUT2D eigenvalue weighted by Gasteiger charge is -2.03. The summed E-state index contributed by atoms with van der Waals surface area (Å²) >= 11 is 6.01. The van der Waals surface area contributed by atoms with Gasteiger partial charge in [-0.15, -0.1) is 0 Å². The highest BCUT2D eigenvalue weighted by Crippen LogP contribution is 2.15. The summed E-state index contributed by atoms with van der Waals surface area (Å²) in [6.07, 6.45) is 3.05. The monoisotopic (exact) mass is 235 g/mol. The van der Waals surface area contributed by atoms with Gasteiger partial charge in [0.2, 0.25) is 0 Å². The first-order valence-electron chi connectivity index (χ1n) is 4.72. The van der Waals surface area contributed by atoms with E-state index in [1.807, 2.05) is 24.3 Å². The third kappa shape index (κ3) is 2.23. The van der Waals surface area contributed by atoms with E-state index in [-0.39, 0.29) is 0 Å². The van der Waals surface area contributed by atoms with Crippen molar-refractivity contribution in [3.63, 3.8) is 0 Å². The van der Waals surface area contributed by atoms with Crippen LogP contribution >= 0.6 is 11.6 Å². The van der Waals surface area contributed by atoms with Gasteiger partial charge < -0.3 is 5.73 Å². The Labute approximate surface area is 97.6 Å². The van der Waals surface area contributed by atoms with Crippen molar-refractivity contribution in [1.82, 2.24) is 9.78 Å². The zero-order valence-corrected chi connectivity index (χ0v) is 9.19. The highest BCUT2D eigenvalue weighted by atomic mass is 35.5. The van der Waals surface area contributed by atoms with E-state index in [0.717, 1.165) is 5.56 Å². The van der Waals surface area contributed by atoms with E-state index in [0.29, 0.717) is 17.1 Å². The Morgan fingerprint density at radius 3 is 2.81 bits per heavy atom. The number of hydrogen-bond acceptors (Lipinski definition) is 2. The van der Waals surface area contributed by atoms with Gasteiger partial charge in [-0.05, 0) is 11.6 Å². The second-order valence-corrected chi connectivity index (χ2v) is 3.79. The van der Waals surface area contributed by atoms with Gasteiger partial charge in [-0.3, -0.25) is 9.48 Å². The van der Waals surface area contributed by atoms with Gasteiger partial charge in [0.15, 0.2) is 0 Å². The molecule has 1 amide bonds. The van der Waals surface area contributed by atoms with Crippen molar-refractivity contribution in [1.29, 1.82) is 0 Å². The summed E-state index contributed by atoms with van der Waals surface area (Å²) in [4.78, 5) is 10.9. The summed E-state index contributed by atoms with van der Waals surface area (Å²) in [5.41, 5.74) is 6.47. The minimum atomic E-state index is -0.481. The molecule has 2 rings (SSSR count). The number of aromatic nitrogens is 2. The Hall–Kier alpha value is -1.81. The van der Waals surface area contributed by atoms with Crippen molar-refractivity contribution >= 4 is 17.5 Å². The number of hydrogen-bond donors (Lipinski definition) is 1. The van der Waals surface area contributed by atoms with Crippen molar-refractivity contribution in [2.45, 2.75) is 6.54 Å². The summed E-state index contributed by atoms with van der Waals surface area (Å²) in [7, 11) is 0. The predicted octanol–water partition coefficient (Wildman–Crippen LogP) is 1.68. The lowest BCUT2D eigenvalue weighted by molar-refractivity contribution is 0.1000. The van der Waals surface area contributed by atoms with Crippen molar-refractivity contribution in [2.24, 2.45) is 5.73 Å². The predicted molar refractivity (Wildman–Crippen MR) is 61.3 cm³/mol. The fraction of sp³-hybridized carbons (Fsp3) is 0.0909. The van der Waals surface area contributed by atoms with Crippen molar-refractivity contribution < 1.29 is 4.79 Å². The second-order valence-electron chi connectivity index (χ2n) is 3.38. The van der Waals surface area contributed by atoms with Gasteiger partial charge in [-0.25, -0.2) is 0 Å². The second kappa shape index (κ2) is 4.37. The zero-order valence-electron chi connectivity index (χ0n) is 8.43. The molecule has 2 N–H and O–H groups in total. The summed E-state index contributed by atoms with van der Waals surface area (Å²) in [5, 5.41) is 4.71. The van der Waals surface area contributed by atoms with E-state index < -0.39 is 5.91 Å². The molecule has 0 unspecified atom stereocenters. The fourth-order valence-corrected chi connectivity index (χ4v) is 1.57. The number of benzene rings is 1. The highest BCUT2D eigenvalue weighted by Gasteiger charge is 2.05. The number of primary amides is 1. The average Bonchev–Trinajstić information content (AvgIpc) is 2.70. The Morgan fingerprint density at radius 2 is 2.19 bits per heavy atom. The Balaban J connectivity index is 2.21. The van der Waals surface area contributed by atoms with Crippen LogP contribution in [0, 0.1) is 0 Å². The first-order chi connectivity index (χ1) is 7.66. The third-order valence-electron chi connectivity index (χ3n) is 2.21. The molecule has 2 aromatic rings. The summed E-state index contributed by atoms with van der Waals surface area (Å²) in [6.45, 7) is 0.521. The molecule has 0 bridgehead atoms. The molecule has 5 heteroatoms. The maximum absolute atomic E-state index is 10.9. The van der Waals surface area contributed by atoms with Crippen LogP contribution in [-0.2, 0) is 6.54 Å². The molecule has 0 spiro atoms. The van der Waals surface area contributed by atoms with Crippen LogP contribution in [0.15, 0.2) is 36.7 Å². The van der Waals surface area contributed by atoms with Gasteiger partial charge in [-0.2, -0.15) is 5.10 Å². The largest absolute Gasteiger partial charge is 0.366 e. The lowest BCUT2D eigenvalue weighted by atomic mass is 10.2. The minimum Gasteiger partial charge on any atom is -0.366 e. The molecule has 0 fully saturated rings. The molecule has 0 aliphatic rings. The van der Waals surface area contributed by atoms with Gasteiger partial charge in [0.25, 0.3) is 5.91 Å². The molecule has 0 saturated heterocycles. The first-order valence-corrected chi connectivity index (χ1v) is 5.10. The molecule has 16 heavy (non-hydrogen) atoms. The van der Waals surface area contributed by atoms with E-state index in [2.05, 4.69) is 5.10 Å². The Morgan fingerprint density at radius 1 is 1.44 bits per heavy atom. The molecule has 0 atom stereocenters. The van der Waals surface area contributed by atoms with Crippen LogP contribution in [-0.4, -0.2) is 15.7 Å². The van der Waals surface area contributed by atoms with Gasteiger partial charge in [0.1, 0.15) is 0 Å². The standard InChI is InChI=1S/C11H10ClN3O/c12-10-4-2-1-3-8(10)6-15-7-9(5-14-15)11(13)16/h1-5,7H,6H2,(H2,13,16). The van der Waals surface area contributed by atoms with Crippen LogP contribution in [0.25, 0.3) is 0 Å². The van der Waals surface area contributed by atoms with Crippen LogP contribution in [0.4, 0.5) is 0 Å². The normalized spacial score (nSPS) is 10.3. The third-order valence-corrected chi connectivity index (χ3v) is 2.58. The number of halogens is 1. The molecule has 0 aliphatic carbocycles. The SMILES string of the molecule is NC(=O)c1cnn(Cc2ccccc2Cl)c1. The zero-order chi connectivity index (χ0) is 11.5. The van der Waals surface area contributed by atoms with Crippen molar-refractivity contribution in [3.05, 3.63) is 52.8 Å². The maximum atomic E-state index is 10.9. The number of nitrogens with zero attached hydrogens (tertiary/aromatic N) is 2. The number of carbonyl (C=O) groups is 1. The Kier molecular flexibility index (Phi) is 2.92. The van der Waals surface area contributed by atoms with Crippen LogP contribution in [0.3, 0.4) is 0 Å². The van der Waals surface area contributed by atoms with E-state index in [1.54, 1.807) is 10.9 Å². The quantitative estimate of drug-likeness (QED) is 0.880. The van der Waals surface area contributed by atoms with Crippen LogP contribution in [0.2, 0.25) is 5.02 Å². The molecule has 1 aromatic carbocycles. The number of rotatable bonds is 3. The number of nitrogens with two attached hydrogens (primary N) is 1. The first kappa shape index (κ1) is 10.7. The van der Waals surface area contributed by atoms with E-state index >= 15 is 0 Å². The summed E-state index contributed by atoms with van der Waals surface area (Å²) in [6, 6.07) is 7.49. The average molecular weight is 236 g/mol. The van der Waals surface area contributed by atoms with Gasteiger partial charge in [0, 0.05) is 11.2 Å². The van der Waals surface area contributed by atoms with Crippen molar-refractivity contribution in [2.75, 3.05) is 0 Å². The van der Waals surface area contributed by atoms with Gasteiger partial charge in [0.05, 0.1) is 18.3 Å². The minimum absolute atomic E-state index is 0.395. The fourth-order valence-electron chi connectivity index (χ4n) is 1.38. The summed E-state index contributed by atoms with van der Waals surface area (Å²) < 4.78 is 1.63. The molecule has 4 nitrogen and oxygen atoms in total. The van der Waals surface area contributed by atoms with Crippen molar-refractivity contribution in [3.8, 4) is 0 Å². The Bertz CT molecular complexity index is 521.